The van der Waals surface area contributed by atoms with Gasteiger partial charge in [0.05, 0.1) is 5.56 Å². The Kier molecular flexibility index (Phi) is 3.51. The Morgan fingerprint density at radius 2 is 1.91 bits per heavy atom. The molecule has 0 spiro atoms. The highest BCUT2D eigenvalue weighted by Gasteiger charge is 2.30. The second-order valence-corrected chi connectivity index (χ2v) is 4.89. The second-order valence-electron chi connectivity index (χ2n) is 4.89. The molecule has 0 atom stereocenters. The van der Waals surface area contributed by atoms with Crippen LogP contribution in [0.5, 0.6) is 0 Å². The van der Waals surface area contributed by atoms with Gasteiger partial charge >= 0.3 is 6.18 Å². The molecule has 0 amide bonds. The fourth-order valence-corrected chi connectivity index (χ4v) is 2.17. The molecule has 8 heteroatoms. The van der Waals surface area contributed by atoms with Crippen LogP contribution in [0.25, 0.3) is 16.9 Å². The second kappa shape index (κ2) is 5.38. The molecule has 5 nitrogen and oxygen atoms in total. The first kappa shape index (κ1) is 15.0. The molecule has 118 valence electrons. The third kappa shape index (κ3) is 2.75. The Balaban J connectivity index is 2.17. The zero-order valence-electron chi connectivity index (χ0n) is 11.9. The number of imidazole rings is 1. The zero-order valence-corrected chi connectivity index (χ0v) is 11.9. The molecular weight excluding hydrogens is 309 g/mol. The van der Waals surface area contributed by atoms with Crippen LogP contribution in [-0.4, -0.2) is 25.3 Å². The average molecular weight is 320 g/mol. The summed E-state index contributed by atoms with van der Waals surface area (Å²) in [5.74, 6) is 0. The summed E-state index contributed by atoms with van der Waals surface area (Å²) >= 11 is 0. The van der Waals surface area contributed by atoms with E-state index in [9.17, 15) is 13.2 Å². The first-order valence-electron chi connectivity index (χ1n) is 6.60. The van der Waals surface area contributed by atoms with Crippen molar-refractivity contribution in [2.45, 2.75) is 13.1 Å². The molecule has 1 aromatic carbocycles. The smallest absolute Gasteiger partial charge is 0.411 e. The van der Waals surface area contributed by atoms with E-state index in [1.54, 1.807) is 29.9 Å². The van der Waals surface area contributed by atoms with E-state index in [0.717, 1.165) is 12.1 Å². The molecule has 0 aliphatic heterocycles. The van der Waals surface area contributed by atoms with Crippen LogP contribution in [-0.2, 0) is 6.18 Å². The van der Waals surface area contributed by atoms with Gasteiger partial charge in [-0.15, -0.1) is 0 Å². The maximum absolute atomic E-state index is 12.7. The summed E-state index contributed by atoms with van der Waals surface area (Å²) in [7, 11) is 0. The van der Waals surface area contributed by atoms with Crippen molar-refractivity contribution in [2.24, 2.45) is 5.16 Å². The van der Waals surface area contributed by atoms with E-state index in [1.807, 2.05) is 0 Å². The summed E-state index contributed by atoms with van der Waals surface area (Å²) in [5.41, 5.74) is 1.34. The molecule has 2 heterocycles. The molecule has 0 bridgehead atoms. The van der Waals surface area contributed by atoms with Crippen molar-refractivity contribution in [1.29, 1.82) is 0 Å². The fraction of sp³-hybridized carbons (Fsp3) is 0.133. The molecule has 0 unspecified atom stereocenters. The quantitative estimate of drug-likeness (QED) is 0.446. The Hall–Kier alpha value is -2.90. The van der Waals surface area contributed by atoms with Crippen LogP contribution < -0.4 is 0 Å². The van der Waals surface area contributed by atoms with Gasteiger partial charge in [-0.25, -0.2) is 9.97 Å². The highest BCUT2D eigenvalue weighted by molar-refractivity contribution is 5.97. The van der Waals surface area contributed by atoms with Gasteiger partial charge in [0.15, 0.2) is 5.65 Å². The molecule has 0 aliphatic rings. The molecule has 2 aromatic heterocycles. The van der Waals surface area contributed by atoms with Gasteiger partial charge in [0, 0.05) is 24.2 Å². The highest BCUT2D eigenvalue weighted by Crippen LogP contribution is 2.31. The molecule has 0 fully saturated rings. The summed E-state index contributed by atoms with van der Waals surface area (Å²) in [4.78, 5) is 8.52. The van der Waals surface area contributed by atoms with E-state index in [0.29, 0.717) is 22.6 Å². The third-order valence-electron chi connectivity index (χ3n) is 3.38. The van der Waals surface area contributed by atoms with Crippen LogP contribution in [0.3, 0.4) is 0 Å². The van der Waals surface area contributed by atoms with E-state index in [1.165, 1.54) is 12.1 Å². The highest BCUT2D eigenvalue weighted by atomic mass is 19.4. The molecule has 3 rings (SSSR count). The zero-order chi connectivity index (χ0) is 16.6. The van der Waals surface area contributed by atoms with Gasteiger partial charge in [0.25, 0.3) is 0 Å². The van der Waals surface area contributed by atoms with Crippen molar-refractivity contribution in [3.63, 3.8) is 0 Å². The molecule has 3 aromatic rings. The van der Waals surface area contributed by atoms with Crippen LogP contribution in [0.4, 0.5) is 13.2 Å². The van der Waals surface area contributed by atoms with Crippen LogP contribution in [0.2, 0.25) is 0 Å². The predicted molar refractivity (Wildman–Crippen MR) is 77.4 cm³/mol. The number of hydrogen-bond acceptors (Lipinski definition) is 4. The summed E-state index contributed by atoms with van der Waals surface area (Å²) in [5, 5.41) is 12.0. The van der Waals surface area contributed by atoms with Crippen LogP contribution in [0.15, 0.2) is 48.0 Å². The number of nitrogens with zero attached hydrogens (tertiary/aromatic N) is 4. The lowest BCUT2D eigenvalue weighted by atomic mass is 10.1. The van der Waals surface area contributed by atoms with Crippen molar-refractivity contribution < 1.29 is 18.4 Å². The number of hydrogen-bond donors (Lipinski definition) is 1. The summed E-state index contributed by atoms with van der Waals surface area (Å²) in [6.45, 7) is 1.57. The Labute approximate surface area is 128 Å². The number of fused-ring (bicyclic) bond motifs is 1. The molecule has 0 radical (unpaired) electrons. The number of benzene rings is 1. The third-order valence-corrected chi connectivity index (χ3v) is 3.38. The average Bonchev–Trinajstić information content (AvgIpc) is 3.01. The van der Waals surface area contributed by atoms with Gasteiger partial charge in [0.2, 0.25) is 0 Å². The van der Waals surface area contributed by atoms with Crippen LogP contribution in [0, 0.1) is 0 Å². The molecule has 1 N–H and O–H groups in total. The lowest BCUT2D eigenvalue weighted by molar-refractivity contribution is -0.137. The normalized spacial score (nSPS) is 12.8. The minimum absolute atomic E-state index is 0.286. The van der Waals surface area contributed by atoms with E-state index < -0.39 is 11.7 Å². The van der Waals surface area contributed by atoms with Crippen molar-refractivity contribution >= 4 is 11.4 Å². The predicted octanol–water partition coefficient (Wildman–Crippen LogP) is 3.61. The number of aromatic nitrogens is 3. The van der Waals surface area contributed by atoms with Crippen molar-refractivity contribution in [3.8, 4) is 11.3 Å². The number of oxime groups is 1. The minimum Gasteiger partial charge on any atom is -0.411 e. The number of alkyl halides is 3. The van der Waals surface area contributed by atoms with Gasteiger partial charge in [-0.05, 0) is 19.1 Å². The van der Waals surface area contributed by atoms with Gasteiger partial charge in [-0.3, -0.25) is 0 Å². The molecule has 23 heavy (non-hydrogen) atoms. The van der Waals surface area contributed by atoms with E-state index >= 15 is 0 Å². The number of halogens is 3. The largest absolute Gasteiger partial charge is 0.416 e. The summed E-state index contributed by atoms with van der Waals surface area (Å²) in [6, 6.07) is 4.68. The summed E-state index contributed by atoms with van der Waals surface area (Å²) in [6.07, 6.45) is 0.472. The maximum atomic E-state index is 12.7. The Morgan fingerprint density at radius 1 is 1.22 bits per heavy atom. The first-order chi connectivity index (χ1) is 10.9. The van der Waals surface area contributed by atoms with Gasteiger partial charge in [0.1, 0.15) is 17.1 Å². The fourth-order valence-electron chi connectivity index (χ4n) is 2.17. The van der Waals surface area contributed by atoms with Gasteiger partial charge in [-0.2, -0.15) is 13.2 Å². The van der Waals surface area contributed by atoms with Gasteiger partial charge in [-0.1, -0.05) is 17.3 Å². The molecule has 0 saturated heterocycles. The molecular formula is C15H11F3N4O. The maximum Gasteiger partial charge on any atom is 0.416 e. The first-order valence-corrected chi connectivity index (χ1v) is 6.60. The van der Waals surface area contributed by atoms with E-state index in [2.05, 4.69) is 15.1 Å². The van der Waals surface area contributed by atoms with Crippen molar-refractivity contribution in [2.75, 3.05) is 0 Å². The standard InChI is InChI=1S/C15H11F3N4O/c1-9(21-23)12-8-22-7-6-19-14(22)13(20-12)10-2-4-11(5-3-10)15(16,17)18/h2-8,23H,1H3/b21-9-. The van der Waals surface area contributed by atoms with Gasteiger partial charge < -0.3 is 9.61 Å². The van der Waals surface area contributed by atoms with Crippen molar-refractivity contribution in [3.05, 3.63) is 54.1 Å². The van der Waals surface area contributed by atoms with Crippen LogP contribution in [0.1, 0.15) is 18.2 Å². The lowest BCUT2D eigenvalue weighted by Gasteiger charge is -2.09. The molecule has 0 aliphatic carbocycles. The summed E-state index contributed by atoms with van der Waals surface area (Å²) < 4.78 is 39.7. The number of rotatable bonds is 2. The Bertz CT molecular complexity index is 882. The monoisotopic (exact) mass is 320 g/mol. The molecule has 0 saturated carbocycles. The SMILES string of the molecule is C/C(=N/O)c1cn2ccnc2c(-c2ccc(C(F)(F)F)cc2)n1. The van der Waals surface area contributed by atoms with Crippen molar-refractivity contribution in [1.82, 2.24) is 14.4 Å². The minimum atomic E-state index is -4.39. The van der Waals surface area contributed by atoms with Crippen LogP contribution >= 0.6 is 0 Å². The van der Waals surface area contributed by atoms with E-state index in [-0.39, 0.29) is 5.71 Å². The van der Waals surface area contributed by atoms with E-state index in [4.69, 9.17) is 5.21 Å². The topological polar surface area (TPSA) is 62.8 Å². The lowest BCUT2D eigenvalue weighted by Crippen LogP contribution is -2.05. The Morgan fingerprint density at radius 3 is 2.52 bits per heavy atom.